The smallest absolute Gasteiger partial charge is 0.0959 e. The Labute approximate surface area is 140 Å². The molecule has 0 radical (unpaired) electrons. The normalized spacial score (nSPS) is 15.9. The number of aliphatic hydroxyl groups excluding tert-OH is 1. The molecule has 1 unspecified atom stereocenters. The van der Waals surface area contributed by atoms with E-state index < -0.39 is 6.10 Å². The van der Waals surface area contributed by atoms with Crippen molar-refractivity contribution in [3.8, 4) is 0 Å². The van der Waals surface area contributed by atoms with Crippen LogP contribution in [0.25, 0.3) is 10.8 Å². The van der Waals surface area contributed by atoms with Crippen molar-refractivity contribution < 1.29 is 5.11 Å². The third kappa shape index (κ3) is 3.44. The summed E-state index contributed by atoms with van der Waals surface area (Å²) in [6, 6.07) is 14.4. The molecule has 2 aromatic carbocycles. The molecule has 1 fully saturated rings. The highest BCUT2D eigenvalue weighted by Crippen LogP contribution is 2.41. The van der Waals surface area contributed by atoms with Crippen molar-refractivity contribution >= 4 is 22.1 Å². The van der Waals surface area contributed by atoms with E-state index in [0.717, 1.165) is 22.6 Å². The van der Waals surface area contributed by atoms with Gasteiger partial charge in [-0.3, -0.25) is 0 Å². The van der Waals surface area contributed by atoms with Crippen LogP contribution in [0.15, 0.2) is 47.8 Å². The molecule has 1 aromatic heterocycles. The zero-order chi connectivity index (χ0) is 15.6. The van der Waals surface area contributed by atoms with Crippen LogP contribution < -0.4 is 5.32 Å². The van der Waals surface area contributed by atoms with E-state index >= 15 is 0 Å². The van der Waals surface area contributed by atoms with Gasteiger partial charge >= 0.3 is 0 Å². The van der Waals surface area contributed by atoms with Crippen LogP contribution in [0.4, 0.5) is 0 Å². The fourth-order valence-electron chi connectivity index (χ4n) is 2.79. The zero-order valence-corrected chi connectivity index (χ0v) is 13.7. The molecule has 0 bridgehead atoms. The molecule has 3 aromatic rings. The fourth-order valence-corrected chi connectivity index (χ4v) is 3.78. The van der Waals surface area contributed by atoms with Gasteiger partial charge < -0.3 is 10.4 Å². The molecule has 0 aliphatic heterocycles. The summed E-state index contributed by atoms with van der Waals surface area (Å²) in [5.41, 5.74) is 2.04. The van der Waals surface area contributed by atoms with Crippen LogP contribution in [-0.2, 0) is 6.54 Å². The number of hydrogen-bond acceptors (Lipinski definition) is 4. The van der Waals surface area contributed by atoms with Crippen molar-refractivity contribution in [3.05, 3.63) is 64.1 Å². The molecule has 1 atom stereocenters. The predicted molar refractivity (Wildman–Crippen MR) is 94.7 cm³/mol. The molecular formula is C19H20N2OS. The molecule has 118 valence electrons. The molecule has 1 heterocycles. The van der Waals surface area contributed by atoms with Crippen molar-refractivity contribution in [1.82, 2.24) is 10.3 Å². The molecule has 3 nitrogen and oxygen atoms in total. The third-order valence-corrected chi connectivity index (χ3v) is 5.35. The number of benzene rings is 2. The number of fused-ring (bicyclic) bond motifs is 1. The topological polar surface area (TPSA) is 45.1 Å². The van der Waals surface area contributed by atoms with Gasteiger partial charge in [-0.2, -0.15) is 0 Å². The molecule has 23 heavy (non-hydrogen) atoms. The van der Waals surface area contributed by atoms with Gasteiger partial charge in [0.25, 0.3) is 0 Å². The van der Waals surface area contributed by atoms with Gasteiger partial charge in [0.15, 0.2) is 0 Å². The summed E-state index contributed by atoms with van der Waals surface area (Å²) in [6.07, 6.45) is 2.09. The zero-order valence-electron chi connectivity index (χ0n) is 12.9. The fraction of sp³-hybridized carbons (Fsp3) is 0.316. The van der Waals surface area contributed by atoms with Crippen LogP contribution in [0.1, 0.15) is 41.1 Å². The quantitative estimate of drug-likeness (QED) is 0.720. The van der Waals surface area contributed by atoms with E-state index in [1.165, 1.54) is 23.2 Å². The summed E-state index contributed by atoms with van der Waals surface area (Å²) in [5, 5.41) is 19.5. The summed E-state index contributed by atoms with van der Waals surface area (Å²) in [4.78, 5) is 4.66. The summed E-state index contributed by atoms with van der Waals surface area (Å²) < 4.78 is 0. The second-order valence-electron chi connectivity index (χ2n) is 6.20. The Morgan fingerprint density at radius 3 is 2.83 bits per heavy atom. The van der Waals surface area contributed by atoms with Crippen LogP contribution >= 0.6 is 11.3 Å². The minimum absolute atomic E-state index is 0.499. The van der Waals surface area contributed by atoms with Crippen molar-refractivity contribution in [2.45, 2.75) is 31.4 Å². The summed E-state index contributed by atoms with van der Waals surface area (Å²) in [6.45, 7) is 1.25. The first kappa shape index (κ1) is 14.8. The van der Waals surface area contributed by atoms with Crippen molar-refractivity contribution in [2.24, 2.45) is 0 Å². The molecule has 2 N–H and O–H groups in total. The Kier molecular flexibility index (Phi) is 4.12. The lowest BCUT2D eigenvalue weighted by molar-refractivity contribution is 0.174. The van der Waals surface area contributed by atoms with Crippen LogP contribution in [0.3, 0.4) is 0 Å². The summed E-state index contributed by atoms with van der Waals surface area (Å²) >= 11 is 1.76. The number of thiazole rings is 1. The maximum Gasteiger partial charge on any atom is 0.0959 e. The van der Waals surface area contributed by atoms with E-state index in [0.29, 0.717) is 13.1 Å². The average molecular weight is 324 g/mol. The minimum Gasteiger partial charge on any atom is -0.387 e. The molecule has 4 rings (SSSR count). The summed E-state index contributed by atoms with van der Waals surface area (Å²) in [5.74, 6) is 0.719. The predicted octanol–water partition coefficient (Wildman–Crippen LogP) is 4.00. The van der Waals surface area contributed by atoms with Gasteiger partial charge in [0, 0.05) is 24.4 Å². The SMILES string of the molecule is OC(CNCc1csc(C2CC2)n1)c1ccc2ccccc2c1. The van der Waals surface area contributed by atoms with Gasteiger partial charge in [-0.1, -0.05) is 36.4 Å². The van der Waals surface area contributed by atoms with Gasteiger partial charge in [0.2, 0.25) is 0 Å². The number of hydrogen-bond donors (Lipinski definition) is 2. The lowest BCUT2D eigenvalue weighted by Crippen LogP contribution is -2.21. The second-order valence-corrected chi connectivity index (χ2v) is 7.09. The Hall–Kier alpha value is -1.75. The van der Waals surface area contributed by atoms with Crippen LogP contribution in [-0.4, -0.2) is 16.6 Å². The molecule has 1 aliphatic carbocycles. The Balaban J connectivity index is 1.35. The number of nitrogens with zero attached hydrogens (tertiary/aromatic N) is 1. The molecule has 0 amide bonds. The number of nitrogens with one attached hydrogen (secondary N) is 1. The van der Waals surface area contributed by atoms with E-state index in [-0.39, 0.29) is 0 Å². The highest BCUT2D eigenvalue weighted by atomic mass is 32.1. The maximum absolute atomic E-state index is 10.4. The minimum atomic E-state index is -0.499. The highest BCUT2D eigenvalue weighted by Gasteiger charge is 2.26. The van der Waals surface area contributed by atoms with Crippen LogP contribution in [0, 0.1) is 0 Å². The first-order valence-electron chi connectivity index (χ1n) is 8.11. The molecule has 0 spiro atoms. The number of aliphatic hydroxyl groups is 1. The van der Waals surface area contributed by atoms with E-state index in [1.54, 1.807) is 11.3 Å². The molecular weight excluding hydrogens is 304 g/mol. The molecule has 0 saturated heterocycles. The largest absolute Gasteiger partial charge is 0.387 e. The summed E-state index contributed by atoms with van der Waals surface area (Å²) in [7, 11) is 0. The Morgan fingerprint density at radius 2 is 2.00 bits per heavy atom. The van der Waals surface area contributed by atoms with E-state index in [4.69, 9.17) is 0 Å². The number of rotatable bonds is 6. The third-order valence-electron chi connectivity index (χ3n) is 4.30. The van der Waals surface area contributed by atoms with Crippen LogP contribution in [0.2, 0.25) is 0 Å². The first-order chi connectivity index (χ1) is 11.3. The van der Waals surface area contributed by atoms with Gasteiger partial charge in [0.05, 0.1) is 16.8 Å². The monoisotopic (exact) mass is 324 g/mol. The van der Waals surface area contributed by atoms with Gasteiger partial charge in [-0.25, -0.2) is 4.98 Å². The highest BCUT2D eigenvalue weighted by molar-refractivity contribution is 7.09. The number of aromatic nitrogens is 1. The molecule has 1 aliphatic rings. The first-order valence-corrected chi connectivity index (χ1v) is 8.99. The van der Waals surface area contributed by atoms with Crippen molar-refractivity contribution in [2.75, 3.05) is 6.54 Å². The van der Waals surface area contributed by atoms with Gasteiger partial charge in [-0.15, -0.1) is 11.3 Å². The lowest BCUT2D eigenvalue weighted by Gasteiger charge is -2.12. The van der Waals surface area contributed by atoms with E-state index in [1.807, 2.05) is 18.2 Å². The molecule has 1 saturated carbocycles. The Morgan fingerprint density at radius 1 is 1.17 bits per heavy atom. The molecule has 4 heteroatoms. The second kappa shape index (κ2) is 6.40. The van der Waals surface area contributed by atoms with E-state index in [9.17, 15) is 5.11 Å². The maximum atomic E-state index is 10.4. The van der Waals surface area contributed by atoms with Gasteiger partial charge in [0.1, 0.15) is 0 Å². The van der Waals surface area contributed by atoms with Crippen molar-refractivity contribution in [3.63, 3.8) is 0 Å². The lowest BCUT2D eigenvalue weighted by atomic mass is 10.0. The van der Waals surface area contributed by atoms with Gasteiger partial charge in [-0.05, 0) is 35.2 Å². The average Bonchev–Trinajstić information content (AvgIpc) is 3.33. The standard InChI is InChI=1S/C19H20N2OS/c22-18(16-8-5-13-3-1-2-4-15(13)9-16)11-20-10-17-12-23-19(21-17)14-6-7-14/h1-5,8-9,12,14,18,20,22H,6-7,10-11H2. The van der Waals surface area contributed by atoms with E-state index in [2.05, 4.69) is 39.9 Å². The van der Waals surface area contributed by atoms with Crippen molar-refractivity contribution in [1.29, 1.82) is 0 Å². The van der Waals surface area contributed by atoms with Crippen LogP contribution in [0.5, 0.6) is 0 Å². The Bertz CT molecular complexity index is 810.